The largest absolute Gasteiger partial charge is 0.335 e. The number of nitrogens with one attached hydrogen (secondary N) is 2. The van der Waals surface area contributed by atoms with Crippen LogP contribution in [-0.4, -0.2) is 49.4 Å². The van der Waals surface area contributed by atoms with E-state index >= 15 is 0 Å². The van der Waals surface area contributed by atoms with Crippen LogP contribution in [0, 0.1) is 5.92 Å². The van der Waals surface area contributed by atoms with Gasteiger partial charge in [-0.1, -0.05) is 0 Å². The summed E-state index contributed by atoms with van der Waals surface area (Å²) in [6.45, 7) is 2.21. The molecule has 1 fully saturated rings. The molecule has 0 saturated carbocycles. The highest BCUT2D eigenvalue weighted by Gasteiger charge is 2.29. The Labute approximate surface area is 120 Å². The summed E-state index contributed by atoms with van der Waals surface area (Å²) in [5, 5.41) is 3.32. The van der Waals surface area contributed by atoms with E-state index in [1.807, 2.05) is 7.05 Å². The van der Waals surface area contributed by atoms with E-state index in [1.165, 1.54) is 12.5 Å². The highest BCUT2D eigenvalue weighted by atomic mass is 35.5. The first kappa shape index (κ1) is 16.4. The Morgan fingerprint density at radius 2 is 2.16 bits per heavy atom. The van der Waals surface area contributed by atoms with Gasteiger partial charge in [-0.2, -0.15) is 4.31 Å². The number of nitrogens with zero attached hydrogens (tertiary/aromatic N) is 2. The maximum Gasteiger partial charge on any atom is 0.260 e. The number of aromatic amines is 1. The molecule has 0 atom stereocenters. The highest BCUT2D eigenvalue weighted by molar-refractivity contribution is 7.89. The Hall–Kier alpha value is -0.630. The Balaban J connectivity index is 0.00000180. The molecule has 0 unspecified atom stereocenters. The molecule has 110 valence electrons. The van der Waals surface area contributed by atoms with E-state index < -0.39 is 10.0 Å². The summed E-state index contributed by atoms with van der Waals surface area (Å²) >= 11 is 0. The van der Waals surface area contributed by atoms with E-state index in [2.05, 4.69) is 15.3 Å². The molecule has 0 aromatic carbocycles. The minimum absolute atomic E-state index is 0. The van der Waals surface area contributed by atoms with Crippen LogP contribution in [0.3, 0.4) is 0 Å². The van der Waals surface area contributed by atoms with Crippen molar-refractivity contribution < 1.29 is 8.42 Å². The summed E-state index contributed by atoms with van der Waals surface area (Å²) in [5.74, 6) is 0.630. The zero-order valence-electron chi connectivity index (χ0n) is 11.0. The third kappa shape index (κ3) is 3.92. The van der Waals surface area contributed by atoms with Crippen LogP contribution < -0.4 is 5.32 Å². The predicted molar refractivity (Wildman–Crippen MR) is 75.9 cm³/mol. The smallest absolute Gasteiger partial charge is 0.260 e. The van der Waals surface area contributed by atoms with Crippen molar-refractivity contribution in [1.29, 1.82) is 0 Å². The number of hydrogen-bond acceptors (Lipinski definition) is 4. The van der Waals surface area contributed by atoms with Crippen LogP contribution in [0.15, 0.2) is 17.6 Å². The van der Waals surface area contributed by atoms with Crippen LogP contribution in [0.4, 0.5) is 0 Å². The summed E-state index contributed by atoms with van der Waals surface area (Å²) in [5.41, 5.74) is 0. The van der Waals surface area contributed by atoms with Crippen molar-refractivity contribution in [3.8, 4) is 0 Å². The Morgan fingerprint density at radius 3 is 2.68 bits per heavy atom. The molecule has 19 heavy (non-hydrogen) atoms. The van der Waals surface area contributed by atoms with Crippen LogP contribution in [0.2, 0.25) is 0 Å². The highest BCUT2D eigenvalue weighted by Crippen LogP contribution is 2.24. The lowest BCUT2D eigenvalue weighted by Gasteiger charge is -2.30. The van der Waals surface area contributed by atoms with E-state index in [0.717, 1.165) is 25.8 Å². The number of hydrogen-bond donors (Lipinski definition) is 2. The van der Waals surface area contributed by atoms with E-state index in [9.17, 15) is 8.42 Å². The number of piperidine rings is 1. The summed E-state index contributed by atoms with van der Waals surface area (Å²) in [6.07, 6.45) is 5.76. The molecule has 1 aliphatic heterocycles. The van der Waals surface area contributed by atoms with Crippen LogP contribution in [0.5, 0.6) is 0 Å². The molecule has 0 amide bonds. The van der Waals surface area contributed by atoms with Crippen LogP contribution in [0.25, 0.3) is 0 Å². The average molecular weight is 309 g/mol. The molecule has 8 heteroatoms. The van der Waals surface area contributed by atoms with Crippen molar-refractivity contribution >= 4 is 22.4 Å². The second-order valence-electron chi connectivity index (χ2n) is 4.66. The molecule has 2 rings (SSSR count). The zero-order valence-corrected chi connectivity index (χ0v) is 12.6. The van der Waals surface area contributed by atoms with Gasteiger partial charge in [0.1, 0.15) is 0 Å². The quantitative estimate of drug-likeness (QED) is 0.845. The van der Waals surface area contributed by atoms with Crippen LogP contribution >= 0.6 is 12.4 Å². The van der Waals surface area contributed by atoms with Gasteiger partial charge in [-0.25, -0.2) is 13.4 Å². The SMILES string of the molecule is CNCCC1CCN(S(=O)(=O)c2cnc[nH]2)CC1.Cl. The molecule has 0 aliphatic carbocycles. The molecule has 2 N–H and O–H groups in total. The van der Waals surface area contributed by atoms with Crippen LogP contribution in [0.1, 0.15) is 19.3 Å². The lowest BCUT2D eigenvalue weighted by Crippen LogP contribution is -2.39. The van der Waals surface area contributed by atoms with E-state index in [0.29, 0.717) is 19.0 Å². The van der Waals surface area contributed by atoms with Crippen molar-refractivity contribution in [2.45, 2.75) is 24.3 Å². The van der Waals surface area contributed by atoms with Crippen molar-refractivity contribution in [3.05, 3.63) is 12.5 Å². The van der Waals surface area contributed by atoms with Gasteiger partial charge in [-0.3, -0.25) is 0 Å². The van der Waals surface area contributed by atoms with Crippen molar-refractivity contribution in [2.24, 2.45) is 5.92 Å². The third-order valence-corrected chi connectivity index (χ3v) is 5.29. The van der Waals surface area contributed by atoms with Crippen molar-refractivity contribution in [2.75, 3.05) is 26.7 Å². The van der Waals surface area contributed by atoms with Crippen LogP contribution in [-0.2, 0) is 10.0 Å². The maximum absolute atomic E-state index is 12.2. The van der Waals surface area contributed by atoms with Gasteiger partial charge >= 0.3 is 0 Å². The van der Waals surface area contributed by atoms with E-state index in [4.69, 9.17) is 0 Å². The summed E-state index contributed by atoms with van der Waals surface area (Å²) < 4.78 is 26.0. The predicted octanol–water partition coefficient (Wildman–Crippen LogP) is 0.842. The molecule has 2 heterocycles. The average Bonchev–Trinajstić information content (AvgIpc) is 2.91. The maximum atomic E-state index is 12.2. The fourth-order valence-electron chi connectivity index (χ4n) is 2.31. The van der Waals surface area contributed by atoms with Gasteiger partial charge in [0, 0.05) is 13.1 Å². The van der Waals surface area contributed by atoms with Gasteiger partial charge in [-0.15, -0.1) is 12.4 Å². The monoisotopic (exact) mass is 308 g/mol. The molecule has 1 aromatic heterocycles. The van der Waals surface area contributed by atoms with E-state index in [-0.39, 0.29) is 17.4 Å². The summed E-state index contributed by atoms with van der Waals surface area (Å²) in [6, 6.07) is 0. The molecule has 0 radical (unpaired) electrons. The second kappa shape index (κ2) is 7.23. The lowest BCUT2D eigenvalue weighted by molar-refractivity contribution is 0.262. The fourth-order valence-corrected chi connectivity index (χ4v) is 3.68. The van der Waals surface area contributed by atoms with Gasteiger partial charge in [0.15, 0.2) is 5.03 Å². The number of imidazole rings is 1. The Kier molecular flexibility index (Phi) is 6.25. The van der Waals surface area contributed by atoms with Crippen molar-refractivity contribution in [1.82, 2.24) is 19.6 Å². The lowest BCUT2D eigenvalue weighted by atomic mass is 9.95. The summed E-state index contributed by atoms with van der Waals surface area (Å²) in [4.78, 5) is 6.44. The fraction of sp³-hybridized carbons (Fsp3) is 0.727. The molecule has 1 aromatic rings. The van der Waals surface area contributed by atoms with Gasteiger partial charge in [0.25, 0.3) is 10.0 Å². The number of H-pyrrole nitrogens is 1. The molecule has 1 aliphatic rings. The number of aromatic nitrogens is 2. The van der Waals surface area contributed by atoms with Gasteiger partial charge in [0.05, 0.1) is 12.5 Å². The number of rotatable bonds is 5. The molecular formula is C11H21ClN4O2S. The molecular weight excluding hydrogens is 288 g/mol. The van der Waals surface area contributed by atoms with Gasteiger partial charge in [-0.05, 0) is 38.8 Å². The zero-order chi connectivity index (χ0) is 13.0. The molecule has 1 saturated heterocycles. The first-order valence-electron chi connectivity index (χ1n) is 6.27. The first-order chi connectivity index (χ1) is 8.64. The van der Waals surface area contributed by atoms with Gasteiger partial charge < -0.3 is 10.3 Å². The molecule has 0 spiro atoms. The minimum Gasteiger partial charge on any atom is -0.335 e. The number of halogens is 1. The normalized spacial score (nSPS) is 18.2. The standard InChI is InChI=1S/C11H20N4O2S.ClH/c1-12-5-2-10-3-6-15(7-4-10)18(16,17)11-8-13-9-14-11;/h8-10,12H,2-7H2,1H3,(H,13,14);1H. The second-order valence-corrected chi connectivity index (χ2v) is 6.56. The Bertz CT molecular complexity index is 455. The summed E-state index contributed by atoms with van der Waals surface area (Å²) in [7, 11) is -1.42. The van der Waals surface area contributed by atoms with Gasteiger partial charge in [0.2, 0.25) is 0 Å². The topological polar surface area (TPSA) is 78.1 Å². The third-order valence-electron chi connectivity index (χ3n) is 3.47. The Morgan fingerprint density at radius 1 is 1.47 bits per heavy atom. The number of sulfonamides is 1. The minimum atomic E-state index is -3.36. The first-order valence-corrected chi connectivity index (χ1v) is 7.71. The molecule has 6 nitrogen and oxygen atoms in total. The molecule has 0 bridgehead atoms. The van der Waals surface area contributed by atoms with E-state index in [1.54, 1.807) is 4.31 Å². The van der Waals surface area contributed by atoms with Crippen molar-refractivity contribution in [3.63, 3.8) is 0 Å².